The molecule has 0 spiro atoms. The van der Waals surface area contributed by atoms with Gasteiger partial charge in [0.1, 0.15) is 0 Å². The Morgan fingerprint density at radius 3 is 1.05 bits per heavy atom. The number of halogens is 1. The van der Waals surface area contributed by atoms with Gasteiger partial charge in [-0.1, -0.05) is 137 Å². The van der Waals surface area contributed by atoms with Crippen molar-refractivity contribution in [1.82, 2.24) is 3.85 Å². The molecule has 0 atom stereocenters. The maximum Gasteiger partial charge on any atom is 0.250 e. The lowest BCUT2D eigenvalue weighted by atomic mass is 10.4. The molecule has 37 heavy (non-hydrogen) atoms. The summed E-state index contributed by atoms with van der Waals surface area (Å²) in [4.78, 5) is 0.273. The molecule has 0 amide bonds. The molecule has 0 aromatic heterocycles. The van der Waals surface area contributed by atoms with Gasteiger partial charge in [-0.2, -0.15) is 0 Å². The first kappa shape index (κ1) is 26.0. The van der Waals surface area contributed by atoms with Crippen molar-refractivity contribution in [3.05, 3.63) is 150 Å². The van der Waals surface area contributed by atoms with E-state index in [1.165, 1.54) is 0 Å². The van der Waals surface area contributed by atoms with Crippen molar-refractivity contribution in [2.45, 2.75) is 4.90 Å². The fraction of sp³-hybridized carbons (Fsp3) is 0. The molecule has 0 unspecified atom stereocenters. The minimum atomic E-state index is -3.94. The van der Waals surface area contributed by atoms with Crippen molar-refractivity contribution in [1.29, 1.82) is 0 Å². The molecule has 0 saturated heterocycles. The third kappa shape index (κ3) is 5.77. The number of hydrogen-bond donors (Lipinski definition) is 0. The summed E-state index contributed by atoms with van der Waals surface area (Å²) in [6, 6.07) is 46.9. The molecule has 5 aromatic carbocycles. The molecule has 0 aliphatic heterocycles. The second-order valence-corrected chi connectivity index (χ2v) is 15.8. The molecule has 0 aliphatic rings. The molecule has 7 heteroatoms. The summed E-state index contributed by atoms with van der Waals surface area (Å²) in [5, 5.41) is 3.90. The molecule has 0 fully saturated rings. The zero-order chi connectivity index (χ0) is 25.7. The number of hydrogen-bond acceptors (Lipinski definition) is 2. The van der Waals surface area contributed by atoms with Crippen LogP contribution in [-0.4, -0.2) is 12.3 Å². The quantitative estimate of drug-likeness (QED) is 0.189. The molecule has 0 bridgehead atoms. The van der Waals surface area contributed by atoms with Crippen molar-refractivity contribution >= 4 is 63.3 Å². The van der Waals surface area contributed by atoms with Crippen molar-refractivity contribution in [3.63, 3.8) is 0 Å². The molecular formula is C30H24BrNO2P2S. The first-order valence-electron chi connectivity index (χ1n) is 11.7. The molecule has 0 N–H and O–H groups in total. The fourth-order valence-electron chi connectivity index (χ4n) is 3.98. The van der Waals surface area contributed by atoms with Crippen LogP contribution in [0.4, 0.5) is 0 Å². The second kappa shape index (κ2) is 11.8. The topological polar surface area (TPSA) is 37.4 Å². The Kier molecular flexibility index (Phi) is 8.30. The predicted molar refractivity (Wildman–Crippen MR) is 161 cm³/mol. The van der Waals surface area contributed by atoms with Crippen molar-refractivity contribution in [3.8, 4) is 0 Å². The average Bonchev–Trinajstić information content (AvgIpc) is 2.95. The summed E-state index contributed by atoms with van der Waals surface area (Å²) in [5.74, 6) is 0. The SMILES string of the molecule is O=S(=O)(c1ccc(Br)cc1)N(P(c1ccccc1)c1ccccc1)P(c1ccccc1)c1ccccc1. The predicted octanol–water partition coefficient (Wildman–Crippen LogP) is 6.54. The molecule has 3 nitrogen and oxygen atoms in total. The Bertz CT molecular complexity index is 1380. The van der Waals surface area contributed by atoms with E-state index in [4.69, 9.17) is 0 Å². The van der Waals surface area contributed by atoms with E-state index in [1.807, 2.05) is 121 Å². The summed E-state index contributed by atoms with van der Waals surface area (Å²) in [7, 11) is -6.85. The summed E-state index contributed by atoms with van der Waals surface area (Å²) in [6.45, 7) is 0. The molecule has 5 rings (SSSR count). The smallest absolute Gasteiger partial charge is 0.206 e. The average molecular weight is 604 g/mol. The van der Waals surface area contributed by atoms with Crippen LogP contribution in [0.25, 0.3) is 0 Å². The first-order valence-corrected chi connectivity index (χ1v) is 16.5. The van der Waals surface area contributed by atoms with E-state index in [1.54, 1.807) is 28.1 Å². The Hall–Kier alpha value is -2.65. The lowest BCUT2D eigenvalue weighted by Crippen LogP contribution is -2.35. The van der Waals surface area contributed by atoms with Gasteiger partial charge in [-0.25, -0.2) is 8.42 Å². The van der Waals surface area contributed by atoms with Crippen LogP contribution >= 0.6 is 32.1 Å². The van der Waals surface area contributed by atoms with Gasteiger partial charge in [0.25, 0.3) is 10.0 Å². The lowest BCUT2D eigenvalue weighted by molar-refractivity contribution is 0.581. The third-order valence-electron chi connectivity index (χ3n) is 5.67. The van der Waals surface area contributed by atoms with Crippen molar-refractivity contribution < 1.29 is 8.42 Å². The van der Waals surface area contributed by atoms with Crippen LogP contribution in [0, 0.1) is 0 Å². The monoisotopic (exact) mass is 603 g/mol. The summed E-state index contributed by atoms with van der Waals surface area (Å²) in [5.41, 5.74) is 0. The molecule has 5 aromatic rings. The van der Waals surface area contributed by atoms with Crippen molar-refractivity contribution in [2.75, 3.05) is 0 Å². The van der Waals surface area contributed by atoms with E-state index in [0.717, 1.165) is 25.7 Å². The largest absolute Gasteiger partial charge is 0.250 e. The highest BCUT2D eigenvalue weighted by Crippen LogP contribution is 2.57. The van der Waals surface area contributed by atoms with Gasteiger partial charge in [-0.3, -0.25) is 0 Å². The van der Waals surface area contributed by atoms with Crippen LogP contribution in [0.5, 0.6) is 0 Å². The minimum Gasteiger partial charge on any atom is -0.206 e. The number of nitrogens with zero attached hydrogens (tertiary/aromatic N) is 1. The van der Waals surface area contributed by atoms with Gasteiger partial charge in [-0.05, 0) is 45.5 Å². The Labute approximate surface area is 229 Å². The van der Waals surface area contributed by atoms with Gasteiger partial charge < -0.3 is 0 Å². The minimum absolute atomic E-state index is 0.273. The van der Waals surface area contributed by atoms with Gasteiger partial charge in [0.2, 0.25) is 0 Å². The summed E-state index contributed by atoms with van der Waals surface area (Å²) in [6.07, 6.45) is 0. The maximum absolute atomic E-state index is 14.8. The van der Waals surface area contributed by atoms with Crippen LogP contribution in [0.1, 0.15) is 0 Å². The Morgan fingerprint density at radius 1 is 0.459 bits per heavy atom. The van der Waals surface area contributed by atoms with Gasteiger partial charge in [0.15, 0.2) is 0 Å². The van der Waals surface area contributed by atoms with Crippen LogP contribution in [-0.2, 0) is 10.0 Å². The highest BCUT2D eigenvalue weighted by Gasteiger charge is 2.41. The van der Waals surface area contributed by atoms with E-state index in [2.05, 4.69) is 15.9 Å². The Morgan fingerprint density at radius 2 is 0.757 bits per heavy atom. The second-order valence-electron chi connectivity index (χ2n) is 8.15. The fourth-order valence-corrected chi connectivity index (χ4v) is 13.5. The molecule has 0 saturated carbocycles. The first-order chi connectivity index (χ1) is 18.1. The van der Waals surface area contributed by atoms with E-state index >= 15 is 0 Å². The third-order valence-corrected chi connectivity index (χ3v) is 14.7. The van der Waals surface area contributed by atoms with E-state index in [0.29, 0.717) is 0 Å². The standard InChI is InChI=1S/C30H24BrNO2P2S/c31-25-21-23-30(24-22-25)37(33,34)32(35(26-13-5-1-6-14-26)27-15-7-2-8-16-27)36(28-17-9-3-10-18-28)29-19-11-4-12-20-29/h1-24H. The zero-order valence-electron chi connectivity index (χ0n) is 19.8. The number of sulfonamides is 1. The zero-order valence-corrected chi connectivity index (χ0v) is 24.0. The van der Waals surface area contributed by atoms with Gasteiger partial charge in [0, 0.05) is 20.6 Å². The highest BCUT2D eigenvalue weighted by molar-refractivity contribution is 9.10. The van der Waals surface area contributed by atoms with Crippen molar-refractivity contribution in [2.24, 2.45) is 0 Å². The van der Waals surface area contributed by atoms with E-state index in [9.17, 15) is 8.42 Å². The molecule has 0 aliphatic carbocycles. The normalized spacial score (nSPS) is 11.8. The number of benzene rings is 5. The maximum atomic E-state index is 14.8. The van der Waals surface area contributed by atoms with Gasteiger partial charge in [-0.15, -0.1) is 3.85 Å². The summed E-state index contributed by atoms with van der Waals surface area (Å²) >= 11 is 3.45. The molecular weight excluding hydrogens is 580 g/mol. The van der Waals surface area contributed by atoms with E-state index < -0.39 is 26.2 Å². The Balaban J connectivity index is 1.84. The van der Waals surface area contributed by atoms with Crippen LogP contribution in [0.2, 0.25) is 0 Å². The van der Waals surface area contributed by atoms with Gasteiger partial charge in [0.05, 0.1) is 4.90 Å². The van der Waals surface area contributed by atoms with Crippen LogP contribution in [0.3, 0.4) is 0 Å². The lowest BCUT2D eigenvalue weighted by Gasteiger charge is -2.37. The van der Waals surface area contributed by atoms with Gasteiger partial charge >= 0.3 is 0 Å². The molecule has 184 valence electrons. The highest BCUT2D eigenvalue weighted by atomic mass is 79.9. The number of rotatable bonds is 8. The summed E-state index contributed by atoms with van der Waals surface area (Å²) < 4.78 is 32.2. The molecule has 0 heterocycles. The van der Waals surface area contributed by atoms with Crippen LogP contribution in [0.15, 0.2) is 155 Å². The van der Waals surface area contributed by atoms with Crippen LogP contribution < -0.4 is 21.2 Å². The molecule has 0 radical (unpaired) electrons. The van der Waals surface area contributed by atoms with E-state index in [-0.39, 0.29) is 4.90 Å².